The third kappa shape index (κ3) is 4.58. The molecule has 0 saturated heterocycles. The predicted molar refractivity (Wildman–Crippen MR) is 106 cm³/mol. The number of methoxy groups -OCH3 is 1. The van der Waals surface area contributed by atoms with E-state index < -0.39 is 26.9 Å². The Morgan fingerprint density at radius 3 is 2.46 bits per heavy atom. The van der Waals surface area contributed by atoms with Gasteiger partial charge in [0, 0.05) is 12.1 Å². The number of hydrogen-bond acceptors (Lipinski definition) is 6. The molecule has 1 atom stereocenters. The first kappa shape index (κ1) is 21.2. The van der Waals surface area contributed by atoms with Crippen LogP contribution < -0.4 is 14.4 Å². The quantitative estimate of drug-likeness (QED) is 0.557. The lowest BCUT2D eigenvalue weighted by atomic mass is 10.1. The highest BCUT2D eigenvalue weighted by atomic mass is 32.2. The maximum atomic E-state index is 12.8. The number of non-ortho nitro benzene ring substituents is 1. The lowest BCUT2D eigenvalue weighted by molar-refractivity contribution is -0.384. The fourth-order valence-corrected chi connectivity index (χ4v) is 3.94. The largest absolute Gasteiger partial charge is 0.495 e. The third-order valence-electron chi connectivity index (χ3n) is 4.09. The van der Waals surface area contributed by atoms with Gasteiger partial charge in [-0.25, -0.2) is 8.42 Å². The van der Waals surface area contributed by atoms with E-state index in [0.29, 0.717) is 17.0 Å². The molecule has 0 radical (unpaired) electrons. The molecule has 150 valence electrons. The Hall–Kier alpha value is -3.14. The number of nitrogens with one attached hydrogen (secondary N) is 1. The number of nitro benzene ring substituents is 1. The minimum atomic E-state index is -3.92. The van der Waals surface area contributed by atoms with Crippen molar-refractivity contribution >= 4 is 33.0 Å². The summed E-state index contributed by atoms with van der Waals surface area (Å²) in [5.74, 6) is -0.193. The van der Waals surface area contributed by atoms with E-state index in [9.17, 15) is 23.3 Å². The van der Waals surface area contributed by atoms with Crippen LogP contribution in [0.2, 0.25) is 0 Å². The maximum Gasteiger partial charge on any atom is 0.271 e. The molecule has 10 heteroatoms. The molecule has 0 heterocycles. The molecule has 9 nitrogen and oxygen atoms in total. The van der Waals surface area contributed by atoms with E-state index in [1.54, 1.807) is 31.2 Å². The fraction of sp³-hybridized carbons (Fsp3) is 0.278. The normalized spacial score (nSPS) is 12.1. The highest BCUT2D eigenvalue weighted by molar-refractivity contribution is 7.92. The minimum absolute atomic E-state index is 0.0689. The molecular weight excluding hydrogens is 386 g/mol. The molecule has 0 fully saturated rings. The molecule has 1 amide bonds. The molecule has 0 aliphatic carbocycles. The summed E-state index contributed by atoms with van der Waals surface area (Å²) in [6.07, 6.45) is 0.943. The van der Waals surface area contributed by atoms with Crippen molar-refractivity contribution in [3.05, 3.63) is 58.1 Å². The highest BCUT2D eigenvalue weighted by Crippen LogP contribution is 2.30. The number of sulfonamides is 1. The van der Waals surface area contributed by atoms with E-state index in [2.05, 4.69) is 5.32 Å². The van der Waals surface area contributed by atoms with E-state index >= 15 is 0 Å². The van der Waals surface area contributed by atoms with Crippen molar-refractivity contribution in [1.82, 2.24) is 0 Å². The summed E-state index contributed by atoms with van der Waals surface area (Å²) in [5.41, 5.74) is 0.657. The van der Waals surface area contributed by atoms with E-state index in [4.69, 9.17) is 4.74 Å². The number of carbonyl (C=O) groups is 1. The summed E-state index contributed by atoms with van der Waals surface area (Å²) in [4.78, 5) is 23.2. The summed E-state index contributed by atoms with van der Waals surface area (Å²) in [6, 6.07) is 9.39. The number of anilines is 2. The zero-order chi connectivity index (χ0) is 21.1. The second kappa shape index (κ2) is 8.26. The van der Waals surface area contributed by atoms with Crippen molar-refractivity contribution in [3.63, 3.8) is 0 Å². The number of aryl methyl sites for hydroxylation is 1. The van der Waals surface area contributed by atoms with Gasteiger partial charge in [-0.1, -0.05) is 18.2 Å². The number of rotatable bonds is 7. The van der Waals surface area contributed by atoms with Gasteiger partial charge in [0.25, 0.3) is 5.69 Å². The van der Waals surface area contributed by atoms with Crippen molar-refractivity contribution in [2.75, 3.05) is 23.0 Å². The smallest absolute Gasteiger partial charge is 0.271 e. The van der Waals surface area contributed by atoms with Gasteiger partial charge in [-0.3, -0.25) is 19.2 Å². The fourth-order valence-electron chi connectivity index (χ4n) is 2.71. The summed E-state index contributed by atoms with van der Waals surface area (Å²) in [5, 5.41) is 13.7. The minimum Gasteiger partial charge on any atom is -0.495 e. The van der Waals surface area contributed by atoms with Gasteiger partial charge in [0.15, 0.2) is 0 Å². The summed E-state index contributed by atoms with van der Waals surface area (Å²) < 4.78 is 30.9. The van der Waals surface area contributed by atoms with Gasteiger partial charge in [0.2, 0.25) is 15.9 Å². The van der Waals surface area contributed by atoms with Crippen molar-refractivity contribution in [2.24, 2.45) is 0 Å². The molecule has 0 bridgehead atoms. The number of amides is 1. The molecule has 1 N–H and O–H groups in total. The van der Waals surface area contributed by atoms with Gasteiger partial charge < -0.3 is 10.1 Å². The zero-order valence-electron chi connectivity index (χ0n) is 15.9. The Morgan fingerprint density at radius 1 is 1.25 bits per heavy atom. The van der Waals surface area contributed by atoms with E-state index in [1.165, 1.54) is 26.2 Å². The molecular formula is C18H21N3O6S. The number of hydrogen-bond donors (Lipinski definition) is 1. The van der Waals surface area contributed by atoms with Gasteiger partial charge in [0.05, 0.1) is 29.7 Å². The van der Waals surface area contributed by atoms with Crippen molar-refractivity contribution in [2.45, 2.75) is 19.9 Å². The zero-order valence-corrected chi connectivity index (χ0v) is 16.7. The molecule has 2 aromatic rings. The average Bonchev–Trinajstić information content (AvgIpc) is 2.62. The van der Waals surface area contributed by atoms with Crippen LogP contribution in [-0.4, -0.2) is 38.7 Å². The number of benzene rings is 2. The van der Waals surface area contributed by atoms with Crippen LogP contribution in [0.5, 0.6) is 5.75 Å². The number of para-hydroxylation sites is 2. The maximum absolute atomic E-state index is 12.8. The van der Waals surface area contributed by atoms with Crippen LogP contribution in [0, 0.1) is 17.0 Å². The van der Waals surface area contributed by atoms with Crippen LogP contribution in [0.1, 0.15) is 12.5 Å². The molecule has 2 aromatic carbocycles. The Morgan fingerprint density at radius 2 is 1.89 bits per heavy atom. The molecule has 28 heavy (non-hydrogen) atoms. The van der Waals surface area contributed by atoms with Crippen molar-refractivity contribution in [3.8, 4) is 5.75 Å². The first-order chi connectivity index (χ1) is 13.1. The Labute approximate surface area is 163 Å². The third-order valence-corrected chi connectivity index (χ3v) is 5.32. The van der Waals surface area contributed by atoms with Crippen molar-refractivity contribution < 1.29 is 22.9 Å². The first-order valence-electron chi connectivity index (χ1n) is 8.24. The first-order valence-corrected chi connectivity index (χ1v) is 10.1. The van der Waals surface area contributed by atoms with Crippen LogP contribution in [0.15, 0.2) is 42.5 Å². The van der Waals surface area contributed by atoms with Gasteiger partial charge in [-0.2, -0.15) is 0 Å². The Kier molecular flexibility index (Phi) is 6.24. The molecule has 0 saturated carbocycles. The predicted octanol–water partition coefficient (Wildman–Crippen LogP) is 2.71. The molecule has 0 aliphatic rings. The van der Waals surface area contributed by atoms with Crippen LogP contribution >= 0.6 is 0 Å². The molecule has 0 aromatic heterocycles. The van der Waals surface area contributed by atoms with Gasteiger partial charge in [-0.15, -0.1) is 0 Å². The summed E-state index contributed by atoms with van der Waals surface area (Å²) in [7, 11) is -2.47. The second-order valence-electron chi connectivity index (χ2n) is 6.15. The molecule has 0 aliphatic heterocycles. The number of carbonyl (C=O) groups excluding carboxylic acids is 1. The van der Waals surface area contributed by atoms with Crippen LogP contribution in [0.4, 0.5) is 17.1 Å². The van der Waals surface area contributed by atoms with E-state index in [0.717, 1.165) is 16.6 Å². The standard InChI is InChI=1S/C18H21N3O6S/c1-12-9-10-14(21(23)24)11-16(12)20(28(4,25)26)13(2)18(22)19-15-7-5-6-8-17(15)27-3/h5-11,13H,1-4H3,(H,19,22)/t13-/m0/s1. The number of ether oxygens (including phenoxy) is 1. The second-order valence-corrected chi connectivity index (χ2v) is 8.01. The van der Waals surface area contributed by atoms with Crippen LogP contribution in [0.3, 0.4) is 0 Å². The number of nitrogens with zero attached hydrogens (tertiary/aromatic N) is 2. The van der Waals surface area contributed by atoms with Gasteiger partial charge in [0.1, 0.15) is 11.8 Å². The average molecular weight is 407 g/mol. The van der Waals surface area contributed by atoms with Gasteiger partial charge >= 0.3 is 0 Å². The Balaban J connectivity index is 2.45. The molecule has 2 rings (SSSR count). The Bertz CT molecular complexity index is 1010. The molecule has 0 spiro atoms. The summed E-state index contributed by atoms with van der Waals surface area (Å²) >= 11 is 0. The summed E-state index contributed by atoms with van der Waals surface area (Å²) in [6.45, 7) is 3.02. The van der Waals surface area contributed by atoms with Crippen LogP contribution in [0.25, 0.3) is 0 Å². The van der Waals surface area contributed by atoms with E-state index in [1.807, 2.05) is 0 Å². The van der Waals surface area contributed by atoms with Crippen LogP contribution in [-0.2, 0) is 14.8 Å². The lowest BCUT2D eigenvalue weighted by Crippen LogP contribution is -2.45. The topological polar surface area (TPSA) is 119 Å². The number of nitro groups is 1. The van der Waals surface area contributed by atoms with E-state index in [-0.39, 0.29) is 11.4 Å². The van der Waals surface area contributed by atoms with Crippen molar-refractivity contribution in [1.29, 1.82) is 0 Å². The SMILES string of the molecule is COc1ccccc1NC(=O)[C@H](C)N(c1cc([N+](=O)[O-])ccc1C)S(C)(=O)=O. The molecule has 0 unspecified atom stereocenters. The van der Waals surface area contributed by atoms with Gasteiger partial charge in [-0.05, 0) is 31.5 Å². The monoisotopic (exact) mass is 407 g/mol. The highest BCUT2D eigenvalue weighted by Gasteiger charge is 2.31. The lowest BCUT2D eigenvalue weighted by Gasteiger charge is -2.29.